The van der Waals surface area contributed by atoms with E-state index in [1.807, 2.05) is 30.3 Å². The van der Waals surface area contributed by atoms with Gasteiger partial charge < -0.3 is 9.40 Å². The number of nitrogens with one attached hydrogen (secondary N) is 1. The molecule has 0 bridgehead atoms. The van der Waals surface area contributed by atoms with Crippen LogP contribution < -0.4 is 0 Å². The van der Waals surface area contributed by atoms with E-state index in [1.165, 1.54) is 0 Å². The lowest BCUT2D eigenvalue weighted by Gasteiger charge is -1.88. The Bertz CT molecular complexity index is 688. The van der Waals surface area contributed by atoms with E-state index in [4.69, 9.17) is 9.68 Å². The first-order valence-electron chi connectivity index (χ1n) is 5.47. The topological polar surface area (TPSA) is 91.4 Å². The molecule has 0 fully saturated rings. The maximum absolute atomic E-state index is 8.52. The van der Waals surface area contributed by atoms with Gasteiger partial charge in [0, 0.05) is 0 Å². The Balaban J connectivity index is 1.84. The number of hydrogen-bond acceptors (Lipinski definition) is 5. The fraction of sp³-hybridized carbons (Fsp3) is 0.167. The normalized spacial score (nSPS) is 10.6. The number of hydrogen-bond donors (Lipinski definition) is 1. The van der Waals surface area contributed by atoms with Crippen LogP contribution in [-0.2, 0) is 12.8 Å². The molecular formula is C12H9N5O. The molecule has 0 unspecified atom stereocenters. The average Bonchev–Trinajstić information content (AvgIpc) is 2.96. The predicted molar refractivity (Wildman–Crippen MR) is 62.5 cm³/mol. The van der Waals surface area contributed by atoms with Crippen molar-refractivity contribution in [2.45, 2.75) is 12.8 Å². The molecule has 1 aromatic carbocycles. The van der Waals surface area contributed by atoms with Gasteiger partial charge in [-0.2, -0.15) is 5.26 Å². The van der Waals surface area contributed by atoms with Crippen molar-refractivity contribution in [3.05, 3.63) is 41.9 Å². The predicted octanol–water partition coefficient (Wildman–Crippen LogP) is 1.60. The molecule has 6 heteroatoms. The van der Waals surface area contributed by atoms with Gasteiger partial charge in [0.05, 0.1) is 23.5 Å². The van der Waals surface area contributed by atoms with Crippen LogP contribution in [-0.4, -0.2) is 20.2 Å². The molecule has 3 aromatic rings. The molecule has 3 rings (SSSR count). The quantitative estimate of drug-likeness (QED) is 0.749. The summed E-state index contributed by atoms with van der Waals surface area (Å²) in [5.74, 6) is 1.56. The van der Waals surface area contributed by atoms with Crippen LogP contribution >= 0.6 is 0 Å². The summed E-state index contributed by atoms with van der Waals surface area (Å²) >= 11 is 0. The lowest BCUT2D eigenvalue weighted by molar-refractivity contribution is 0.467. The molecule has 88 valence electrons. The third kappa shape index (κ3) is 1.94. The third-order valence-electron chi connectivity index (χ3n) is 2.50. The summed E-state index contributed by atoms with van der Waals surface area (Å²) in [7, 11) is 0. The number of aromatic nitrogens is 4. The van der Waals surface area contributed by atoms with E-state index in [9.17, 15) is 0 Å². The molecule has 0 saturated carbocycles. The number of H-pyrrole nitrogens is 1. The minimum atomic E-state index is 0.132. The molecule has 0 atom stereocenters. The van der Waals surface area contributed by atoms with Gasteiger partial charge in [0.2, 0.25) is 11.8 Å². The maximum Gasteiger partial charge on any atom is 0.230 e. The summed E-state index contributed by atoms with van der Waals surface area (Å²) in [5, 5.41) is 16.2. The largest absolute Gasteiger partial charge is 0.424 e. The van der Waals surface area contributed by atoms with Crippen molar-refractivity contribution in [2.75, 3.05) is 0 Å². The second kappa shape index (κ2) is 4.30. The summed E-state index contributed by atoms with van der Waals surface area (Å²) < 4.78 is 5.32. The van der Waals surface area contributed by atoms with Crippen molar-refractivity contribution >= 4 is 11.0 Å². The van der Waals surface area contributed by atoms with Gasteiger partial charge >= 0.3 is 0 Å². The van der Waals surface area contributed by atoms with E-state index < -0.39 is 0 Å². The lowest BCUT2D eigenvalue weighted by atomic mass is 10.3. The highest BCUT2D eigenvalue weighted by molar-refractivity contribution is 5.74. The van der Waals surface area contributed by atoms with Gasteiger partial charge in [-0.15, -0.1) is 10.2 Å². The van der Waals surface area contributed by atoms with Gasteiger partial charge in [-0.1, -0.05) is 12.1 Å². The second-order valence-electron chi connectivity index (χ2n) is 3.80. The van der Waals surface area contributed by atoms with Gasteiger partial charge in [0.15, 0.2) is 0 Å². The highest BCUT2D eigenvalue weighted by Crippen LogP contribution is 2.13. The first-order valence-corrected chi connectivity index (χ1v) is 5.47. The van der Waals surface area contributed by atoms with Crippen molar-refractivity contribution < 1.29 is 4.42 Å². The standard InChI is InChI=1S/C12H9N5O/c13-6-5-11-16-17-12(18-11)7-10-14-8-3-1-2-4-9(8)15-10/h1-4H,5,7H2,(H,14,15). The van der Waals surface area contributed by atoms with Gasteiger partial charge in [-0.3, -0.25) is 0 Å². The van der Waals surface area contributed by atoms with Crippen LogP contribution in [0.15, 0.2) is 28.7 Å². The second-order valence-corrected chi connectivity index (χ2v) is 3.80. The number of nitriles is 1. The van der Waals surface area contributed by atoms with Crippen LogP contribution in [0.2, 0.25) is 0 Å². The van der Waals surface area contributed by atoms with Crippen molar-refractivity contribution in [1.29, 1.82) is 5.26 Å². The summed E-state index contributed by atoms with van der Waals surface area (Å²) in [6.07, 6.45) is 0.570. The maximum atomic E-state index is 8.52. The molecular weight excluding hydrogens is 230 g/mol. The van der Waals surface area contributed by atoms with Crippen LogP contribution in [0, 0.1) is 11.3 Å². The monoisotopic (exact) mass is 239 g/mol. The summed E-state index contributed by atoms with van der Waals surface area (Å²) in [5.41, 5.74) is 1.88. The van der Waals surface area contributed by atoms with E-state index in [-0.39, 0.29) is 6.42 Å². The van der Waals surface area contributed by atoms with Crippen molar-refractivity contribution in [1.82, 2.24) is 20.2 Å². The molecule has 2 aromatic heterocycles. The molecule has 6 nitrogen and oxygen atoms in total. The first-order chi connectivity index (χ1) is 8.85. The Morgan fingerprint density at radius 1 is 1.22 bits per heavy atom. The molecule has 0 spiro atoms. The van der Waals surface area contributed by atoms with Gasteiger partial charge in [0.1, 0.15) is 12.2 Å². The number of imidazole rings is 1. The fourth-order valence-electron chi connectivity index (χ4n) is 1.73. The molecule has 1 N–H and O–H groups in total. The van der Waals surface area contributed by atoms with Gasteiger partial charge in [-0.05, 0) is 12.1 Å². The van der Waals surface area contributed by atoms with Gasteiger partial charge in [0.25, 0.3) is 0 Å². The number of rotatable bonds is 3. The minimum absolute atomic E-state index is 0.132. The molecule has 18 heavy (non-hydrogen) atoms. The van der Waals surface area contributed by atoms with Crippen molar-refractivity contribution in [3.63, 3.8) is 0 Å². The van der Waals surface area contributed by atoms with Crippen LogP contribution in [0.5, 0.6) is 0 Å². The number of nitrogens with zero attached hydrogens (tertiary/aromatic N) is 4. The van der Waals surface area contributed by atoms with E-state index >= 15 is 0 Å². The fourth-order valence-corrected chi connectivity index (χ4v) is 1.73. The Labute approximate surface area is 102 Å². The minimum Gasteiger partial charge on any atom is -0.424 e. The van der Waals surface area contributed by atoms with E-state index in [1.54, 1.807) is 0 Å². The molecule has 0 amide bonds. The smallest absolute Gasteiger partial charge is 0.230 e. The highest BCUT2D eigenvalue weighted by Gasteiger charge is 2.09. The molecule has 0 saturated heterocycles. The lowest BCUT2D eigenvalue weighted by Crippen LogP contribution is -1.90. The zero-order chi connectivity index (χ0) is 12.4. The number of fused-ring (bicyclic) bond motifs is 1. The highest BCUT2D eigenvalue weighted by atomic mass is 16.4. The van der Waals surface area contributed by atoms with Crippen molar-refractivity contribution in [2.24, 2.45) is 0 Å². The summed E-state index contributed by atoms with van der Waals surface area (Å²) in [6.45, 7) is 0. The van der Waals surface area contributed by atoms with E-state index in [0.717, 1.165) is 16.9 Å². The van der Waals surface area contributed by atoms with Crippen LogP contribution in [0.1, 0.15) is 17.6 Å². The number of para-hydroxylation sites is 2. The molecule has 0 aliphatic rings. The van der Waals surface area contributed by atoms with Crippen molar-refractivity contribution in [3.8, 4) is 6.07 Å². The zero-order valence-corrected chi connectivity index (χ0v) is 9.42. The summed E-state index contributed by atoms with van der Waals surface area (Å²) in [4.78, 5) is 7.60. The van der Waals surface area contributed by atoms with E-state index in [2.05, 4.69) is 20.2 Å². The van der Waals surface area contributed by atoms with Crippen LogP contribution in [0.3, 0.4) is 0 Å². The molecule has 0 aliphatic heterocycles. The Kier molecular flexibility index (Phi) is 2.50. The zero-order valence-electron chi connectivity index (χ0n) is 9.42. The Morgan fingerprint density at radius 3 is 2.89 bits per heavy atom. The third-order valence-corrected chi connectivity index (χ3v) is 2.50. The van der Waals surface area contributed by atoms with Gasteiger partial charge in [-0.25, -0.2) is 4.98 Å². The van der Waals surface area contributed by atoms with Crippen LogP contribution in [0.4, 0.5) is 0 Å². The van der Waals surface area contributed by atoms with Crippen LogP contribution in [0.25, 0.3) is 11.0 Å². The number of aromatic amines is 1. The molecule has 2 heterocycles. The average molecular weight is 239 g/mol. The molecule has 0 aliphatic carbocycles. The summed E-state index contributed by atoms with van der Waals surface area (Å²) in [6, 6.07) is 9.74. The number of benzene rings is 1. The Hall–Kier alpha value is -2.68. The van der Waals surface area contributed by atoms with E-state index in [0.29, 0.717) is 18.2 Å². The first kappa shape index (κ1) is 10.5. The Morgan fingerprint density at radius 2 is 2.06 bits per heavy atom. The molecule has 0 radical (unpaired) electrons. The SMILES string of the molecule is N#CCc1nnc(Cc2nc3ccccc3[nH]2)o1.